The van der Waals surface area contributed by atoms with Gasteiger partial charge in [-0.05, 0) is 85.3 Å². The lowest BCUT2D eigenvalue weighted by atomic mass is 9.90. The average Bonchev–Trinajstić information content (AvgIpc) is 3.33. The molecule has 0 radical (unpaired) electrons. The van der Waals surface area contributed by atoms with Gasteiger partial charge in [-0.1, -0.05) is 54.6 Å². The minimum atomic E-state index is -0.388. The van der Waals surface area contributed by atoms with Gasteiger partial charge in [-0.15, -0.1) is 0 Å². The van der Waals surface area contributed by atoms with Gasteiger partial charge in [0.15, 0.2) is 0 Å². The maximum atomic E-state index is 13.1. The van der Waals surface area contributed by atoms with E-state index in [4.69, 9.17) is 14.2 Å². The van der Waals surface area contributed by atoms with Crippen molar-refractivity contribution in [3.63, 3.8) is 0 Å². The number of benzene rings is 4. The predicted octanol–water partition coefficient (Wildman–Crippen LogP) is 7.36. The van der Waals surface area contributed by atoms with Crippen LogP contribution in [0, 0.1) is 20.8 Å². The Bertz CT molecular complexity index is 1540. The van der Waals surface area contributed by atoms with E-state index in [1.165, 1.54) is 5.56 Å². The largest absolute Gasteiger partial charge is 0.497 e. The average molecular weight is 538 g/mol. The molecule has 5 nitrogen and oxygen atoms in total. The summed E-state index contributed by atoms with van der Waals surface area (Å²) in [5, 5.41) is 5.34. The fraction of sp³-hybridized carbons (Fsp3) is 0.343. The van der Waals surface area contributed by atoms with E-state index in [-0.39, 0.29) is 17.4 Å². The van der Waals surface area contributed by atoms with Gasteiger partial charge in [0.25, 0.3) is 0 Å². The third kappa shape index (κ3) is 5.51. The summed E-state index contributed by atoms with van der Waals surface area (Å²) in [5.41, 5.74) is 6.35. The van der Waals surface area contributed by atoms with Crippen LogP contribution in [0.5, 0.6) is 17.2 Å². The Morgan fingerprint density at radius 2 is 1.70 bits per heavy atom. The van der Waals surface area contributed by atoms with Crippen LogP contribution in [0.25, 0.3) is 10.8 Å². The second kappa shape index (κ2) is 11.2. The Kier molecular flexibility index (Phi) is 7.75. The van der Waals surface area contributed by atoms with Crippen molar-refractivity contribution in [3.8, 4) is 17.2 Å². The molecule has 0 saturated carbocycles. The highest BCUT2D eigenvalue weighted by Gasteiger charge is 2.38. The summed E-state index contributed by atoms with van der Waals surface area (Å²) in [7, 11) is 1.67. The van der Waals surface area contributed by atoms with Crippen molar-refractivity contribution in [3.05, 3.63) is 100 Å². The van der Waals surface area contributed by atoms with Crippen LogP contribution in [0.3, 0.4) is 0 Å². The SMILES string of the molecule is COc1ccc2cc([C@H](C)C(=O)NCCC3(C)Cc4c(C)c(OCc5ccccc5)c(C)c(C)c4O3)ccc2c1. The molecule has 1 N–H and O–H groups in total. The van der Waals surface area contributed by atoms with Crippen LogP contribution in [0.2, 0.25) is 0 Å². The normalized spacial score (nSPS) is 16.8. The standard InChI is InChI=1S/C35H39NO4/c1-22-23(2)33-31(25(4)32(22)39-21-26-10-8-7-9-11-26)20-35(5,40-33)16-17-36-34(37)24(3)27-12-13-29-19-30(38-6)15-14-28(29)18-27/h7-15,18-19,24H,16-17,20-21H2,1-6H3,(H,36,37)/t24-,35?/m0/s1. The highest BCUT2D eigenvalue weighted by Crippen LogP contribution is 2.46. The first-order chi connectivity index (χ1) is 19.2. The van der Waals surface area contributed by atoms with Crippen molar-refractivity contribution < 1.29 is 19.0 Å². The monoisotopic (exact) mass is 537 g/mol. The van der Waals surface area contributed by atoms with Gasteiger partial charge < -0.3 is 19.5 Å². The fourth-order valence-corrected chi connectivity index (χ4v) is 5.64. The molecular formula is C35H39NO4. The molecule has 1 amide bonds. The molecule has 0 aromatic heterocycles. The van der Waals surface area contributed by atoms with Crippen LogP contribution in [-0.4, -0.2) is 25.2 Å². The van der Waals surface area contributed by atoms with Crippen molar-refractivity contribution in [2.45, 2.75) is 65.6 Å². The highest BCUT2D eigenvalue weighted by atomic mass is 16.5. The molecule has 208 valence electrons. The van der Waals surface area contributed by atoms with Crippen LogP contribution in [0.15, 0.2) is 66.7 Å². The number of carbonyl (C=O) groups is 1. The number of nitrogens with one attached hydrogen (secondary N) is 1. The molecule has 4 aromatic rings. The third-order valence-corrected chi connectivity index (χ3v) is 8.35. The van der Waals surface area contributed by atoms with Crippen molar-refractivity contribution in [1.29, 1.82) is 0 Å². The predicted molar refractivity (Wildman–Crippen MR) is 161 cm³/mol. The molecule has 1 aliphatic rings. The lowest BCUT2D eigenvalue weighted by Gasteiger charge is -2.25. The van der Waals surface area contributed by atoms with E-state index in [0.29, 0.717) is 13.2 Å². The number of methoxy groups -OCH3 is 1. The van der Waals surface area contributed by atoms with Gasteiger partial charge in [0.1, 0.15) is 29.5 Å². The van der Waals surface area contributed by atoms with Crippen LogP contribution in [0.4, 0.5) is 0 Å². The summed E-state index contributed by atoms with van der Waals surface area (Å²) in [4.78, 5) is 13.1. The van der Waals surface area contributed by atoms with Crippen molar-refractivity contribution in [1.82, 2.24) is 5.32 Å². The molecule has 2 atom stereocenters. The number of hydrogen-bond donors (Lipinski definition) is 1. The van der Waals surface area contributed by atoms with Gasteiger partial charge >= 0.3 is 0 Å². The summed E-state index contributed by atoms with van der Waals surface area (Å²) < 4.78 is 18.2. The zero-order valence-electron chi connectivity index (χ0n) is 24.4. The molecule has 1 heterocycles. The van der Waals surface area contributed by atoms with Gasteiger partial charge in [0.05, 0.1) is 13.0 Å². The smallest absolute Gasteiger partial charge is 0.227 e. The minimum Gasteiger partial charge on any atom is -0.497 e. The Hall–Kier alpha value is -3.99. The maximum absolute atomic E-state index is 13.1. The zero-order valence-corrected chi connectivity index (χ0v) is 24.4. The summed E-state index contributed by atoms with van der Waals surface area (Å²) in [6.45, 7) is 11.5. The third-order valence-electron chi connectivity index (χ3n) is 8.35. The van der Waals surface area contributed by atoms with Gasteiger partial charge in [0, 0.05) is 24.9 Å². The first-order valence-electron chi connectivity index (χ1n) is 14.0. The van der Waals surface area contributed by atoms with E-state index in [1.54, 1.807) is 7.11 Å². The van der Waals surface area contributed by atoms with Crippen LogP contribution in [-0.2, 0) is 17.8 Å². The Morgan fingerprint density at radius 3 is 2.45 bits per heavy atom. The van der Waals surface area contributed by atoms with E-state index in [0.717, 1.165) is 68.7 Å². The van der Waals surface area contributed by atoms with Gasteiger partial charge in [-0.2, -0.15) is 0 Å². The van der Waals surface area contributed by atoms with Gasteiger partial charge in [0.2, 0.25) is 5.91 Å². The fourth-order valence-electron chi connectivity index (χ4n) is 5.64. The van der Waals surface area contributed by atoms with Crippen molar-refractivity contribution in [2.75, 3.05) is 13.7 Å². The summed E-state index contributed by atoms with van der Waals surface area (Å²) in [5.74, 6) is 2.51. The quantitative estimate of drug-likeness (QED) is 0.242. The molecule has 0 spiro atoms. The molecule has 0 aliphatic carbocycles. The molecule has 5 heteroatoms. The second-order valence-corrected chi connectivity index (χ2v) is 11.3. The topological polar surface area (TPSA) is 56.8 Å². The lowest BCUT2D eigenvalue weighted by Crippen LogP contribution is -2.37. The number of fused-ring (bicyclic) bond motifs is 2. The van der Waals surface area contributed by atoms with E-state index in [2.05, 4.69) is 51.2 Å². The second-order valence-electron chi connectivity index (χ2n) is 11.3. The molecule has 0 fully saturated rings. The Labute approximate surface area is 237 Å². The van der Waals surface area contributed by atoms with Crippen LogP contribution >= 0.6 is 0 Å². The highest BCUT2D eigenvalue weighted by molar-refractivity contribution is 5.88. The Morgan fingerprint density at radius 1 is 0.975 bits per heavy atom. The van der Waals surface area contributed by atoms with Crippen LogP contribution < -0.4 is 19.5 Å². The zero-order chi connectivity index (χ0) is 28.4. The molecular weight excluding hydrogens is 498 g/mol. The summed E-state index contributed by atoms with van der Waals surface area (Å²) in [6, 6.07) is 22.4. The van der Waals surface area contributed by atoms with E-state index >= 15 is 0 Å². The molecule has 4 aromatic carbocycles. The number of amides is 1. The number of ether oxygens (including phenoxy) is 3. The lowest BCUT2D eigenvalue weighted by molar-refractivity contribution is -0.122. The number of hydrogen-bond acceptors (Lipinski definition) is 4. The number of rotatable bonds is 9. The molecule has 0 saturated heterocycles. The molecule has 5 rings (SSSR count). The van der Waals surface area contributed by atoms with Gasteiger partial charge in [-0.3, -0.25) is 4.79 Å². The molecule has 1 aliphatic heterocycles. The summed E-state index contributed by atoms with van der Waals surface area (Å²) >= 11 is 0. The first kappa shape index (κ1) is 27.6. The van der Waals surface area contributed by atoms with E-state index < -0.39 is 0 Å². The van der Waals surface area contributed by atoms with Crippen molar-refractivity contribution >= 4 is 16.7 Å². The molecule has 1 unspecified atom stereocenters. The van der Waals surface area contributed by atoms with Gasteiger partial charge in [-0.25, -0.2) is 0 Å². The molecule has 0 bridgehead atoms. The molecule has 40 heavy (non-hydrogen) atoms. The summed E-state index contributed by atoms with van der Waals surface area (Å²) in [6.07, 6.45) is 1.51. The van der Waals surface area contributed by atoms with E-state index in [1.807, 2.05) is 55.5 Å². The maximum Gasteiger partial charge on any atom is 0.227 e. The Balaban J connectivity index is 1.22. The van der Waals surface area contributed by atoms with Crippen molar-refractivity contribution in [2.24, 2.45) is 0 Å². The van der Waals surface area contributed by atoms with Crippen LogP contribution in [0.1, 0.15) is 59.6 Å². The number of carbonyl (C=O) groups excluding carboxylic acids is 1. The van der Waals surface area contributed by atoms with E-state index in [9.17, 15) is 4.79 Å². The minimum absolute atomic E-state index is 0.0202. The first-order valence-corrected chi connectivity index (χ1v) is 14.0.